The number of hydrogen-bond donors (Lipinski definition) is 1. The molecule has 0 saturated carbocycles. The fourth-order valence-electron chi connectivity index (χ4n) is 2.33. The maximum absolute atomic E-state index is 5.84. The zero-order chi connectivity index (χ0) is 15.7. The second kappa shape index (κ2) is 9.78. The number of nitrogens with one attached hydrogen (secondary N) is 1. The summed E-state index contributed by atoms with van der Waals surface area (Å²) in [5.41, 5.74) is 0.332. The highest BCUT2D eigenvalue weighted by molar-refractivity contribution is 4.75. The molecule has 1 N–H and O–H groups in total. The number of morpholine rings is 1. The smallest absolute Gasteiger partial charge is 0.0826 e. The van der Waals surface area contributed by atoms with Gasteiger partial charge in [0, 0.05) is 39.3 Å². The third-order valence-electron chi connectivity index (χ3n) is 3.64. The highest BCUT2D eigenvalue weighted by atomic mass is 16.5. The summed E-state index contributed by atoms with van der Waals surface area (Å²) in [6.45, 7) is 18.9. The van der Waals surface area contributed by atoms with E-state index in [4.69, 9.17) is 9.47 Å². The second-order valence-corrected chi connectivity index (χ2v) is 7.78. The van der Waals surface area contributed by atoms with Gasteiger partial charge in [-0.05, 0) is 17.8 Å². The topological polar surface area (TPSA) is 33.7 Å². The molecule has 126 valence electrons. The van der Waals surface area contributed by atoms with Crippen molar-refractivity contribution >= 4 is 0 Å². The zero-order valence-electron chi connectivity index (χ0n) is 14.8. The first-order chi connectivity index (χ1) is 9.87. The predicted molar refractivity (Wildman–Crippen MR) is 88.8 cm³/mol. The van der Waals surface area contributed by atoms with Crippen molar-refractivity contribution in [3.63, 3.8) is 0 Å². The lowest BCUT2D eigenvalue weighted by Gasteiger charge is -2.33. The Hall–Kier alpha value is -0.160. The van der Waals surface area contributed by atoms with Gasteiger partial charge in [0.1, 0.15) is 0 Å². The van der Waals surface area contributed by atoms with E-state index in [2.05, 4.69) is 44.8 Å². The summed E-state index contributed by atoms with van der Waals surface area (Å²) in [6, 6.07) is 0. The molecule has 1 aliphatic rings. The van der Waals surface area contributed by atoms with Crippen LogP contribution in [0.2, 0.25) is 0 Å². The van der Waals surface area contributed by atoms with E-state index in [0.29, 0.717) is 11.5 Å². The molecule has 1 aliphatic heterocycles. The normalized spacial score (nSPS) is 21.1. The molecular weight excluding hydrogens is 264 g/mol. The molecule has 0 aromatic heterocycles. The van der Waals surface area contributed by atoms with Crippen LogP contribution < -0.4 is 5.32 Å². The molecule has 1 atom stereocenters. The lowest BCUT2D eigenvalue weighted by Crippen LogP contribution is -2.48. The first-order valence-electron chi connectivity index (χ1n) is 8.49. The summed E-state index contributed by atoms with van der Waals surface area (Å²) in [6.07, 6.45) is 1.47. The average Bonchev–Trinajstić information content (AvgIpc) is 2.37. The van der Waals surface area contributed by atoms with Crippen LogP contribution in [0, 0.1) is 11.3 Å². The summed E-state index contributed by atoms with van der Waals surface area (Å²) in [5, 5.41) is 3.52. The van der Waals surface area contributed by atoms with Crippen molar-refractivity contribution in [1.29, 1.82) is 0 Å². The molecule has 0 radical (unpaired) electrons. The van der Waals surface area contributed by atoms with Crippen molar-refractivity contribution in [2.75, 3.05) is 52.5 Å². The number of nitrogens with zero attached hydrogens (tertiary/aromatic N) is 1. The summed E-state index contributed by atoms with van der Waals surface area (Å²) in [5.74, 6) is 0.728. The van der Waals surface area contributed by atoms with Gasteiger partial charge in [0.2, 0.25) is 0 Å². The molecule has 1 heterocycles. The quantitative estimate of drug-likeness (QED) is 0.663. The van der Waals surface area contributed by atoms with Crippen LogP contribution in [0.5, 0.6) is 0 Å². The van der Waals surface area contributed by atoms with E-state index in [1.807, 2.05) is 0 Å². The lowest BCUT2D eigenvalue weighted by molar-refractivity contribution is -0.0356. The Balaban J connectivity index is 2.08. The van der Waals surface area contributed by atoms with E-state index in [0.717, 1.165) is 64.9 Å². The van der Waals surface area contributed by atoms with E-state index in [-0.39, 0.29) is 0 Å². The molecule has 0 spiro atoms. The van der Waals surface area contributed by atoms with Gasteiger partial charge in [-0.1, -0.05) is 34.6 Å². The molecular formula is C17H36N2O2. The van der Waals surface area contributed by atoms with Crippen LogP contribution in [0.1, 0.15) is 41.0 Å². The van der Waals surface area contributed by atoms with Crippen LogP contribution in [0.3, 0.4) is 0 Å². The van der Waals surface area contributed by atoms with Gasteiger partial charge in [0.15, 0.2) is 0 Å². The van der Waals surface area contributed by atoms with E-state index < -0.39 is 0 Å². The molecule has 1 fully saturated rings. The van der Waals surface area contributed by atoms with E-state index >= 15 is 0 Å². The van der Waals surface area contributed by atoms with Gasteiger partial charge >= 0.3 is 0 Å². The molecule has 1 rings (SSSR count). The summed E-state index contributed by atoms with van der Waals surface area (Å²) in [4.78, 5) is 2.46. The maximum atomic E-state index is 5.84. The first-order valence-corrected chi connectivity index (χ1v) is 8.49. The first kappa shape index (κ1) is 18.9. The van der Waals surface area contributed by atoms with Gasteiger partial charge < -0.3 is 14.8 Å². The SMILES string of the molecule is CC(C)CCOCCN1CCO[C@@H](CNCC(C)(C)C)C1. The van der Waals surface area contributed by atoms with Gasteiger partial charge in [0.25, 0.3) is 0 Å². The Bertz CT molecular complexity index is 264. The molecule has 4 nitrogen and oxygen atoms in total. The van der Waals surface area contributed by atoms with Crippen molar-refractivity contribution in [3.05, 3.63) is 0 Å². The predicted octanol–water partition coefficient (Wildman–Crippen LogP) is 2.39. The molecule has 1 saturated heterocycles. The Morgan fingerprint density at radius 1 is 1.29 bits per heavy atom. The van der Waals surface area contributed by atoms with Crippen molar-refractivity contribution < 1.29 is 9.47 Å². The molecule has 4 heteroatoms. The van der Waals surface area contributed by atoms with Gasteiger partial charge in [0.05, 0.1) is 19.3 Å². The molecule has 0 aliphatic carbocycles. The lowest BCUT2D eigenvalue weighted by atomic mass is 9.97. The second-order valence-electron chi connectivity index (χ2n) is 7.78. The fraction of sp³-hybridized carbons (Fsp3) is 1.00. The van der Waals surface area contributed by atoms with Crippen LogP contribution in [-0.4, -0.2) is 63.5 Å². The van der Waals surface area contributed by atoms with Gasteiger partial charge in [-0.2, -0.15) is 0 Å². The Morgan fingerprint density at radius 2 is 2.05 bits per heavy atom. The number of rotatable bonds is 9. The number of hydrogen-bond acceptors (Lipinski definition) is 4. The largest absolute Gasteiger partial charge is 0.380 e. The highest BCUT2D eigenvalue weighted by Crippen LogP contribution is 2.11. The molecule has 0 unspecified atom stereocenters. The van der Waals surface area contributed by atoms with Crippen LogP contribution in [0.4, 0.5) is 0 Å². The third kappa shape index (κ3) is 10.2. The van der Waals surface area contributed by atoms with Crippen molar-refractivity contribution in [1.82, 2.24) is 10.2 Å². The van der Waals surface area contributed by atoms with Gasteiger partial charge in [-0.3, -0.25) is 4.90 Å². The summed E-state index contributed by atoms with van der Waals surface area (Å²) >= 11 is 0. The standard InChI is InChI=1S/C17H36N2O2/c1-15(2)6-9-20-10-7-19-8-11-21-16(13-19)12-18-14-17(3,4)5/h15-16,18H,6-14H2,1-5H3/t16-/m0/s1. The minimum absolute atomic E-state index is 0.316. The molecule has 0 bridgehead atoms. The van der Waals surface area contributed by atoms with Crippen LogP contribution in [-0.2, 0) is 9.47 Å². The Kier molecular flexibility index (Phi) is 8.79. The average molecular weight is 300 g/mol. The maximum Gasteiger partial charge on any atom is 0.0826 e. The Labute approximate surface area is 131 Å². The molecule has 21 heavy (non-hydrogen) atoms. The van der Waals surface area contributed by atoms with Crippen LogP contribution in [0.25, 0.3) is 0 Å². The van der Waals surface area contributed by atoms with E-state index in [1.165, 1.54) is 0 Å². The van der Waals surface area contributed by atoms with Gasteiger partial charge in [-0.15, -0.1) is 0 Å². The van der Waals surface area contributed by atoms with E-state index in [9.17, 15) is 0 Å². The van der Waals surface area contributed by atoms with E-state index in [1.54, 1.807) is 0 Å². The minimum atomic E-state index is 0.316. The van der Waals surface area contributed by atoms with Gasteiger partial charge in [-0.25, -0.2) is 0 Å². The molecule has 0 amide bonds. The Morgan fingerprint density at radius 3 is 2.71 bits per heavy atom. The van der Waals surface area contributed by atoms with Crippen LogP contribution in [0.15, 0.2) is 0 Å². The van der Waals surface area contributed by atoms with Crippen molar-refractivity contribution in [3.8, 4) is 0 Å². The third-order valence-corrected chi connectivity index (χ3v) is 3.64. The molecule has 0 aromatic rings. The summed E-state index contributed by atoms with van der Waals surface area (Å²) < 4.78 is 11.5. The number of ether oxygens (including phenoxy) is 2. The zero-order valence-corrected chi connectivity index (χ0v) is 14.8. The van der Waals surface area contributed by atoms with Crippen LogP contribution >= 0.6 is 0 Å². The summed E-state index contributed by atoms with van der Waals surface area (Å²) in [7, 11) is 0. The van der Waals surface area contributed by atoms with Crippen molar-refractivity contribution in [2.24, 2.45) is 11.3 Å². The molecule has 0 aromatic carbocycles. The highest BCUT2D eigenvalue weighted by Gasteiger charge is 2.20. The minimum Gasteiger partial charge on any atom is -0.380 e. The van der Waals surface area contributed by atoms with Crippen molar-refractivity contribution in [2.45, 2.75) is 47.1 Å². The fourth-order valence-corrected chi connectivity index (χ4v) is 2.33. The monoisotopic (exact) mass is 300 g/mol.